The molecule has 4 heterocycles. The Labute approximate surface area is 218 Å². The van der Waals surface area contributed by atoms with Crippen LogP contribution in [0.3, 0.4) is 0 Å². The summed E-state index contributed by atoms with van der Waals surface area (Å²) in [4.78, 5) is 42.3. The van der Waals surface area contributed by atoms with E-state index >= 15 is 0 Å². The molecular formula is C25H34N8O5+2. The van der Waals surface area contributed by atoms with Crippen molar-refractivity contribution in [2.24, 2.45) is 11.5 Å². The summed E-state index contributed by atoms with van der Waals surface area (Å²) in [5, 5.41) is 32.3. The number of imide groups is 1. The molecule has 13 nitrogen and oxygen atoms in total. The van der Waals surface area contributed by atoms with Crippen molar-refractivity contribution >= 4 is 29.6 Å². The topological polar surface area (TPSA) is 200 Å². The molecule has 0 aromatic heterocycles. The highest BCUT2D eigenvalue weighted by Gasteiger charge is 2.78. The van der Waals surface area contributed by atoms with Crippen LogP contribution in [0.4, 0.5) is 0 Å². The van der Waals surface area contributed by atoms with E-state index in [2.05, 4.69) is 20.9 Å². The van der Waals surface area contributed by atoms with Crippen molar-refractivity contribution in [3.8, 4) is 0 Å². The highest BCUT2D eigenvalue weighted by Crippen LogP contribution is 2.38. The van der Waals surface area contributed by atoms with E-state index in [4.69, 9.17) is 11.5 Å². The third-order valence-electron chi connectivity index (χ3n) is 8.68. The Morgan fingerprint density at radius 1 is 1.13 bits per heavy atom. The van der Waals surface area contributed by atoms with Gasteiger partial charge in [0, 0.05) is 18.4 Å². The van der Waals surface area contributed by atoms with Crippen LogP contribution in [0.2, 0.25) is 0 Å². The smallest absolute Gasteiger partial charge is 0.347 e. The predicted molar refractivity (Wildman–Crippen MR) is 133 cm³/mol. The van der Waals surface area contributed by atoms with Crippen LogP contribution in [0.25, 0.3) is 0 Å². The van der Waals surface area contributed by atoms with E-state index in [1.54, 1.807) is 6.07 Å². The largest absolute Gasteiger partial charge is 0.358 e. The first kappa shape index (κ1) is 24.6. The number of amides is 3. The van der Waals surface area contributed by atoms with Crippen LogP contribution in [-0.2, 0) is 22.4 Å². The molecule has 3 unspecified atom stereocenters. The van der Waals surface area contributed by atoms with Gasteiger partial charge in [-0.25, -0.2) is 9.89 Å². The van der Waals surface area contributed by atoms with Gasteiger partial charge in [-0.15, -0.1) is 0 Å². The average molecular weight is 527 g/mol. The van der Waals surface area contributed by atoms with Crippen molar-refractivity contribution in [1.29, 1.82) is 0 Å². The van der Waals surface area contributed by atoms with Gasteiger partial charge >= 0.3 is 11.9 Å². The first-order valence-electron chi connectivity index (χ1n) is 13.2. The standard InChI is InChI=1S/C25H32N8O5/c26-22-30-20-16(11-32-18(34)9-10-19(32)35)28-23(27)33-12-17(25(37,38)24(20,33)31-22)29-21(36)15-8-4-6-13-5-2-1-3-7-14(13)15/h4,6,8,16-17,20,37-38H,1-3,5,7,9-12H2,(H6,26,27,28,29,30,31,36)/p+2/t16?,17?,20-,24?/m0/s1. The number of benzene rings is 1. The molecule has 1 aromatic carbocycles. The zero-order valence-electron chi connectivity index (χ0n) is 21.0. The van der Waals surface area contributed by atoms with Gasteiger partial charge in [-0.1, -0.05) is 18.6 Å². The van der Waals surface area contributed by atoms with Gasteiger partial charge in [0.25, 0.3) is 17.4 Å². The number of nitrogens with two attached hydrogens (primary N) is 2. The number of hydrogen-bond acceptors (Lipinski definition) is 9. The number of rotatable bonds is 4. The Hall–Kier alpha value is -3.71. The van der Waals surface area contributed by atoms with Crippen LogP contribution in [0.1, 0.15) is 53.6 Å². The minimum absolute atomic E-state index is 0.0284. The molecule has 1 aliphatic carbocycles. The van der Waals surface area contributed by atoms with Gasteiger partial charge in [-0.3, -0.25) is 41.1 Å². The third kappa shape index (κ3) is 3.48. The highest BCUT2D eigenvalue weighted by atomic mass is 16.5. The number of likely N-dealkylation sites (tertiary alicyclic amines) is 1. The summed E-state index contributed by atoms with van der Waals surface area (Å²) in [5.41, 5.74) is 13.5. The first-order valence-corrected chi connectivity index (χ1v) is 13.2. The van der Waals surface area contributed by atoms with Gasteiger partial charge < -0.3 is 15.5 Å². The number of guanidine groups is 2. The average Bonchev–Trinajstić information content (AvgIpc) is 3.37. The number of fused-ring (bicyclic) bond motifs is 1. The third-order valence-corrected chi connectivity index (χ3v) is 8.68. The maximum absolute atomic E-state index is 13.5. The van der Waals surface area contributed by atoms with E-state index in [-0.39, 0.29) is 49.7 Å². The molecule has 6 rings (SSSR count). The Morgan fingerprint density at radius 3 is 2.63 bits per heavy atom. The van der Waals surface area contributed by atoms with Gasteiger partial charge in [-0.05, 0) is 42.9 Å². The number of carbonyl (C=O) groups excluding carboxylic acids is 3. The molecule has 3 amide bonds. The van der Waals surface area contributed by atoms with Crippen LogP contribution < -0.4 is 32.4 Å². The maximum atomic E-state index is 13.5. The van der Waals surface area contributed by atoms with E-state index in [9.17, 15) is 24.6 Å². The Morgan fingerprint density at radius 2 is 1.87 bits per heavy atom. The van der Waals surface area contributed by atoms with E-state index in [0.717, 1.165) is 48.1 Å². The molecule has 2 fully saturated rings. The molecule has 4 atom stereocenters. The summed E-state index contributed by atoms with van der Waals surface area (Å²) in [7, 11) is 0. The number of nitrogens with zero attached hydrogens (tertiary/aromatic N) is 2. The Bertz CT molecular complexity index is 1280. The first-order chi connectivity index (χ1) is 18.1. The van der Waals surface area contributed by atoms with Crippen molar-refractivity contribution in [1.82, 2.24) is 20.9 Å². The van der Waals surface area contributed by atoms with E-state index in [0.29, 0.717) is 5.56 Å². The second-order valence-electron chi connectivity index (χ2n) is 10.8. The highest BCUT2D eigenvalue weighted by molar-refractivity contribution is 6.02. The molecule has 2 saturated heterocycles. The number of hydrogen-bond donors (Lipinski definition) is 8. The fourth-order valence-electron chi connectivity index (χ4n) is 6.82. The van der Waals surface area contributed by atoms with Crippen LogP contribution >= 0.6 is 0 Å². The monoisotopic (exact) mass is 526 g/mol. The van der Waals surface area contributed by atoms with Gasteiger partial charge in [0.05, 0.1) is 13.1 Å². The van der Waals surface area contributed by atoms with E-state index < -0.39 is 35.5 Å². The van der Waals surface area contributed by atoms with Gasteiger partial charge in [0.1, 0.15) is 12.1 Å². The summed E-state index contributed by atoms with van der Waals surface area (Å²) in [6.45, 7) is -0.0663. The van der Waals surface area contributed by atoms with E-state index in [1.807, 2.05) is 12.1 Å². The molecule has 0 bridgehead atoms. The van der Waals surface area contributed by atoms with Gasteiger partial charge in [0.2, 0.25) is 11.8 Å². The maximum Gasteiger partial charge on any atom is 0.347 e. The summed E-state index contributed by atoms with van der Waals surface area (Å²) in [5.74, 6) is -3.36. The molecule has 202 valence electrons. The Balaban J connectivity index is 1.31. The van der Waals surface area contributed by atoms with Gasteiger partial charge in [0.15, 0.2) is 6.04 Å². The van der Waals surface area contributed by atoms with Gasteiger partial charge in [-0.2, -0.15) is 0 Å². The van der Waals surface area contributed by atoms with Crippen molar-refractivity contribution in [3.05, 3.63) is 34.9 Å². The molecule has 13 heteroatoms. The second-order valence-corrected chi connectivity index (χ2v) is 10.8. The quantitative estimate of drug-likeness (QED) is 0.0821. The zero-order chi connectivity index (χ0) is 26.8. The summed E-state index contributed by atoms with van der Waals surface area (Å²) in [6.07, 6.45) is 5.14. The van der Waals surface area contributed by atoms with Crippen molar-refractivity contribution < 1.29 is 34.2 Å². The number of nitrogens with one attached hydrogen (secondary N) is 4. The summed E-state index contributed by atoms with van der Waals surface area (Å²) < 4.78 is 1.53. The fourth-order valence-corrected chi connectivity index (χ4v) is 6.82. The molecule has 4 aliphatic heterocycles. The lowest BCUT2D eigenvalue weighted by atomic mass is 9.85. The summed E-state index contributed by atoms with van der Waals surface area (Å²) >= 11 is 0. The van der Waals surface area contributed by atoms with Crippen LogP contribution in [0.15, 0.2) is 18.2 Å². The molecular weight excluding hydrogens is 492 g/mol. The molecule has 1 spiro atoms. The lowest BCUT2D eigenvalue weighted by Crippen LogP contribution is -2.92. The minimum Gasteiger partial charge on any atom is -0.358 e. The van der Waals surface area contributed by atoms with Crippen LogP contribution in [0.5, 0.6) is 0 Å². The molecule has 38 heavy (non-hydrogen) atoms. The number of aryl methyl sites for hydroxylation is 1. The zero-order valence-corrected chi connectivity index (χ0v) is 21.0. The summed E-state index contributed by atoms with van der Waals surface area (Å²) in [6, 6.07) is 3.01. The number of carbonyl (C=O) groups is 3. The minimum atomic E-state index is -2.54. The molecule has 0 saturated carbocycles. The SMILES string of the molecule is NC1=[NH+][C@H]2C(CN3C(=O)CCC3=O)NC(N)=[N+]3CC(NC(=O)c4cccc5c4CCCCC5)C(O)(O)C23N1. The predicted octanol–water partition coefficient (Wildman–Crippen LogP) is -4.74. The fraction of sp³-hybridized carbons (Fsp3) is 0.560. The van der Waals surface area contributed by atoms with Crippen molar-refractivity contribution in [2.75, 3.05) is 13.1 Å². The Kier molecular flexibility index (Phi) is 5.61. The van der Waals surface area contributed by atoms with Crippen molar-refractivity contribution in [3.63, 3.8) is 0 Å². The molecule has 10 N–H and O–H groups in total. The van der Waals surface area contributed by atoms with Crippen LogP contribution in [-0.4, -0.2) is 92.0 Å². The van der Waals surface area contributed by atoms with E-state index in [1.165, 1.54) is 4.58 Å². The lowest BCUT2D eigenvalue weighted by molar-refractivity contribution is -0.674. The van der Waals surface area contributed by atoms with Crippen molar-refractivity contribution in [2.45, 2.75) is 74.5 Å². The lowest BCUT2D eigenvalue weighted by Gasteiger charge is -2.41. The molecule has 1 aromatic rings. The number of aliphatic hydroxyl groups is 2. The normalized spacial score (nSPS) is 31.6. The molecule has 5 aliphatic rings. The molecule has 0 radical (unpaired) electrons. The van der Waals surface area contributed by atoms with Crippen LogP contribution in [0, 0.1) is 0 Å². The second kappa shape index (κ2) is 8.67.